The van der Waals surface area contributed by atoms with Crippen molar-refractivity contribution in [2.75, 3.05) is 24.6 Å². The Morgan fingerprint density at radius 1 is 1.50 bits per heavy atom. The zero-order valence-corrected chi connectivity index (χ0v) is 10.5. The second kappa shape index (κ2) is 5.31. The molecule has 1 fully saturated rings. The van der Waals surface area contributed by atoms with Crippen LogP contribution in [0, 0.1) is 5.92 Å². The number of hydrogen-bond donors (Lipinski definition) is 2. The fourth-order valence-corrected chi connectivity index (χ4v) is 3.09. The first-order valence-corrected chi connectivity index (χ1v) is 6.56. The molecule has 0 spiro atoms. The summed E-state index contributed by atoms with van der Waals surface area (Å²) in [6.45, 7) is 1.94. The Labute approximate surface area is 103 Å². The normalized spacial score (nSPS) is 21.4. The van der Waals surface area contributed by atoms with E-state index in [2.05, 4.69) is 9.88 Å². The molecular weight excluding hydrogens is 248 g/mol. The van der Waals surface area contributed by atoms with Gasteiger partial charge in [-0.25, -0.2) is 4.98 Å². The van der Waals surface area contributed by atoms with Crippen molar-refractivity contribution in [3.8, 4) is 0 Å². The maximum Gasteiger partial charge on any atom is 0.187 e. The van der Waals surface area contributed by atoms with Crippen molar-refractivity contribution in [1.82, 2.24) is 4.98 Å². The Kier molecular flexibility index (Phi) is 4.02. The van der Waals surface area contributed by atoms with E-state index in [1.54, 1.807) is 0 Å². The van der Waals surface area contributed by atoms with Crippen LogP contribution in [0.3, 0.4) is 0 Å². The van der Waals surface area contributed by atoms with Gasteiger partial charge in [0.1, 0.15) is 5.15 Å². The monoisotopic (exact) mass is 262 g/mol. The molecular formula is C10H15ClN2O2S. The number of aliphatic hydroxyl groups is 2. The number of halogens is 1. The number of nitrogens with zero attached hydrogens (tertiary/aromatic N) is 2. The fourth-order valence-electron chi connectivity index (χ4n) is 1.94. The predicted molar refractivity (Wildman–Crippen MR) is 65.1 cm³/mol. The van der Waals surface area contributed by atoms with E-state index in [1.807, 2.05) is 0 Å². The maximum absolute atomic E-state index is 9.15. The van der Waals surface area contributed by atoms with Gasteiger partial charge in [-0.3, -0.25) is 0 Å². The van der Waals surface area contributed by atoms with E-state index in [9.17, 15) is 0 Å². The molecule has 0 aliphatic carbocycles. The average molecular weight is 263 g/mol. The molecule has 2 rings (SSSR count). The van der Waals surface area contributed by atoms with Gasteiger partial charge in [0.25, 0.3) is 0 Å². The summed E-state index contributed by atoms with van der Waals surface area (Å²) in [6.07, 6.45) is 2.13. The fraction of sp³-hybridized carbons (Fsp3) is 0.700. The molecule has 1 atom stereocenters. The average Bonchev–Trinajstić information content (AvgIpc) is 2.71. The lowest BCUT2D eigenvalue weighted by Crippen LogP contribution is -2.36. The highest BCUT2D eigenvalue weighted by Crippen LogP contribution is 2.32. The highest BCUT2D eigenvalue weighted by atomic mass is 35.5. The lowest BCUT2D eigenvalue weighted by Gasteiger charge is -2.31. The molecule has 1 aliphatic heterocycles. The first-order chi connectivity index (χ1) is 7.74. The van der Waals surface area contributed by atoms with Crippen molar-refractivity contribution in [1.29, 1.82) is 0 Å². The van der Waals surface area contributed by atoms with Crippen LogP contribution in [-0.2, 0) is 6.61 Å². The molecule has 1 aliphatic rings. The molecule has 1 aromatic rings. The van der Waals surface area contributed by atoms with Gasteiger partial charge < -0.3 is 15.1 Å². The van der Waals surface area contributed by atoms with E-state index in [4.69, 9.17) is 21.8 Å². The molecule has 0 saturated carbocycles. The lowest BCUT2D eigenvalue weighted by atomic mass is 10.00. The van der Waals surface area contributed by atoms with Crippen LogP contribution >= 0.6 is 22.9 Å². The van der Waals surface area contributed by atoms with Crippen LogP contribution in [0.15, 0.2) is 0 Å². The van der Waals surface area contributed by atoms with Gasteiger partial charge in [-0.05, 0) is 18.8 Å². The molecule has 16 heavy (non-hydrogen) atoms. The summed E-state index contributed by atoms with van der Waals surface area (Å²) in [5, 5.41) is 19.5. The summed E-state index contributed by atoms with van der Waals surface area (Å²) >= 11 is 7.33. The van der Waals surface area contributed by atoms with Gasteiger partial charge in [0.15, 0.2) is 5.13 Å². The largest absolute Gasteiger partial charge is 0.396 e. The molecule has 0 amide bonds. The van der Waals surface area contributed by atoms with E-state index in [1.165, 1.54) is 11.3 Å². The highest BCUT2D eigenvalue weighted by molar-refractivity contribution is 7.16. The number of anilines is 1. The van der Waals surface area contributed by atoms with Crippen LogP contribution in [0.2, 0.25) is 5.15 Å². The second-order valence-electron chi connectivity index (χ2n) is 4.01. The lowest BCUT2D eigenvalue weighted by molar-refractivity contribution is 0.208. The van der Waals surface area contributed by atoms with Gasteiger partial charge in [-0.2, -0.15) is 0 Å². The minimum atomic E-state index is -0.0617. The summed E-state index contributed by atoms with van der Waals surface area (Å²) in [5.74, 6) is 0.328. The Balaban J connectivity index is 2.10. The molecule has 2 N–H and O–H groups in total. The first kappa shape index (κ1) is 12.1. The van der Waals surface area contributed by atoms with E-state index < -0.39 is 0 Å². The number of rotatable bonds is 3. The van der Waals surface area contributed by atoms with Gasteiger partial charge >= 0.3 is 0 Å². The van der Waals surface area contributed by atoms with E-state index in [0.717, 1.165) is 31.1 Å². The van der Waals surface area contributed by atoms with Crippen LogP contribution in [0.1, 0.15) is 17.7 Å². The minimum Gasteiger partial charge on any atom is -0.396 e. The second-order valence-corrected chi connectivity index (χ2v) is 5.43. The maximum atomic E-state index is 9.15. The van der Waals surface area contributed by atoms with Gasteiger partial charge in [0, 0.05) is 19.7 Å². The zero-order chi connectivity index (χ0) is 11.5. The van der Waals surface area contributed by atoms with Crippen molar-refractivity contribution in [3.63, 3.8) is 0 Å². The van der Waals surface area contributed by atoms with Crippen molar-refractivity contribution in [2.45, 2.75) is 19.4 Å². The van der Waals surface area contributed by atoms with Crippen LogP contribution in [0.5, 0.6) is 0 Å². The van der Waals surface area contributed by atoms with Crippen LogP contribution < -0.4 is 4.90 Å². The number of piperidine rings is 1. The quantitative estimate of drug-likeness (QED) is 0.867. The third-order valence-corrected chi connectivity index (χ3v) is 4.36. The molecule has 0 aromatic carbocycles. The Bertz CT molecular complexity index is 359. The third-order valence-electron chi connectivity index (χ3n) is 2.83. The third kappa shape index (κ3) is 2.48. The molecule has 1 aromatic heterocycles. The standard InChI is InChI=1S/C10H15ClN2O2S/c11-9-8(6-15)16-10(12-9)13-3-1-2-7(4-13)5-14/h7,14-15H,1-6H2. The Morgan fingerprint density at radius 3 is 2.94 bits per heavy atom. The molecule has 0 bridgehead atoms. The number of aromatic nitrogens is 1. The van der Waals surface area contributed by atoms with Gasteiger partial charge in [0.2, 0.25) is 0 Å². The van der Waals surface area contributed by atoms with E-state index in [-0.39, 0.29) is 13.2 Å². The molecule has 6 heteroatoms. The van der Waals surface area contributed by atoms with Gasteiger partial charge in [-0.1, -0.05) is 22.9 Å². The molecule has 0 radical (unpaired) electrons. The molecule has 1 saturated heterocycles. The van der Waals surface area contributed by atoms with Crippen molar-refractivity contribution in [3.05, 3.63) is 10.0 Å². The summed E-state index contributed by atoms with van der Waals surface area (Å²) in [5.41, 5.74) is 0. The molecule has 2 heterocycles. The Morgan fingerprint density at radius 2 is 2.31 bits per heavy atom. The smallest absolute Gasteiger partial charge is 0.187 e. The summed E-state index contributed by atoms with van der Waals surface area (Å²) in [7, 11) is 0. The minimum absolute atomic E-state index is 0.0617. The molecule has 4 nitrogen and oxygen atoms in total. The topological polar surface area (TPSA) is 56.6 Å². The summed E-state index contributed by atoms with van der Waals surface area (Å²) in [6, 6.07) is 0. The van der Waals surface area contributed by atoms with Gasteiger partial charge in [0.05, 0.1) is 11.5 Å². The predicted octanol–water partition coefficient (Wildman–Crippen LogP) is 1.50. The van der Waals surface area contributed by atoms with Crippen molar-refractivity contribution < 1.29 is 10.2 Å². The zero-order valence-electron chi connectivity index (χ0n) is 8.90. The highest BCUT2D eigenvalue weighted by Gasteiger charge is 2.22. The SMILES string of the molecule is OCc1sc(N2CCCC(CO)C2)nc1Cl. The molecule has 90 valence electrons. The first-order valence-electron chi connectivity index (χ1n) is 5.36. The molecule has 1 unspecified atom stereocenters. The Hall–Kier alpha value is -0.360. The van der Waals surface area contributed by atoms with Crippen LogP contribution in [0.25, 0.3) is 0 Å². The van der Waals surface area contributed by atoms with Crippen molar-refractivity contribution >= 4 is 28.1 Å². The van der Waals surface area contributed by atoms with Gasteiger partial charge in [-0.15, -0.1) is 0 Å². The number of aliphatic hydroxyl groups excluding tert-OH is 2. The number of thiazole rings is 1. The summed E-state index contributed by atoms with van der Waals surface area (Å²) in [4.78, 5) is 7.09. The van der Waals surface area contributed by atoms with E-state index >= 15 is 0 Å². The van der Waals surface area contributed by atoms with E-state index in [0.29, 0.717) is 15.9 Å². The summed E-state index contributed by atoms with van der Waals surface area (Å²) < 4.78 is 0. The van der Waals surface area contributed by atoms with Crippen LogP contribution in [-0.4, -0.2) is 34.9 Å². The van der Waals surface area contributed by atoms with Crippen molar-refractivity contribution in [2.24, 2.45) is 5.92 Å². The van der Waals surface area contributed by atoms with Crippen LogP contribution in [0.4, 0.5) is 5.13 Å². The number of hydrogen-bond acceptors (Lipinski definition) is 5.